The van der Waals surface area contributed by atoms with Crippen LogP contribution in [-0.4, -0.2) is 13.1 Å². The maximum Gasteiger partial charge on any atom is 0.329 e. The first-order valence-corrected chi connectivity index (χ1v) is 4.69. The predicted octanol–water partition coefficient (Wildman–Crippen LogP) is 2.64. The van der Waals surface area contributed by atoms with Crippen LogP contribution in [0.25, 0.3) is 0 Å². The number of hydrogen-bond donors (Lipinski definition) is 0. The molecule has 0 aliphatic rings. The Morgan fingerprint density at radius 2 is 2.00 bits per heavy atom. The lowest BCUT2D eigenvalue weighted by molar-refractivity contribution is -0.134. The summed E-state index contributed by atoms with van der Waals surface area (Å²) in [6, 6.07) is 10.2. The second-order valence-electron chi connectivity index (χ2n) is 2.02. The van der Waals surface area contributed by atoms with Gasteiger partial charge in [0, 0.05) is 9.65 Å². The van der Waals surface area contributed by atoms with Gasteiger partial charge in [-0.1, -0.05) is 24.8 Å². The molecule has 0 saturated heterocycles. The third-order valence-corrected chi connectivity index (χ3v) is 1.82. The molecular weight excluding hydrogens is 279 g/mol. The van der Waals surface area contributed by atoms with Crippen molar-refractivity contribution >= 4 is 28.6 Å². The van der Waals surface area contributed by atoms with Gasteiger partial charge in [-0.2, -0.15) is 0 Å². The number of ether oxygens (including phenoxy) is 1. The fraction of sp³-hybridized carbons (Fsp3) is 0.100. The van der Waals surface area contributed by atoms with Crippen LogP contribution in [0.5, 0.6) is 0 Å². The summed E-state index contributed by atoms with van der Waals surface area (Å²) in [7, 11) is 1.31. The molecule has 0 saturated carbocycles. The number of benzene rings is 1. The van der Waals surface area contributed by atoms with Gasteiger partial charge in [-0.15, -0.1) is 0 Å². The van der Waals surface area contributed by atoms with Crippen molar-refractivity contribution in [3.63, 3.8) is 0 Å². The third-order valence-electron chi connectivity index (χ3n) is 1.10. The van der Waals surface area contributed by atoms with Crippen LogP contribution in [0.4, 0.5) is 0 Å². The van der Waals surface area contributed by atoms with Crippen molar-refractivity contribution in [3.8, 4) is 0 Å². The van der Waals surface area contributed by atoms with Crippen molar-refractivity contribution in [2.24, 2.45) is 0 Å². The molecule has 1 aromatic carbocycles. The van der Waals surface area contributed by atoms with Gasteiger partial charge in [0.2, 0.25) is 0 Å². The summed E-state index contributed by atoms with van der Waals surface area (Å²) in [5, 5.41) is 0. The summed E-state index contributed by atoms with van der Waals surface area (Å²) in [4.78, 5) is 9.84. The molecule has 0 aliphatic heterocycles. The number of rotatable bonds is 1. The molecular formula is C10H11IO2. The van der Waals surface area contributed by atoms with Crippen LogP contribution in [-0.2, 0) is 9.53 Å². The fourth-order valence-corrected chi connectivity index (χ4v) is 0.913. The van der Waals surface area contributed by atoms with Gasteiger partial charge in [0.15, 0.2) is 0 Å². The van der Waals surface area contributed by atoms with E-state index in [1.165, 1.54) is 10.7 Å². The first kappa shape index (κ1) is 12.2. The Hall–Kier alpha value is -0.840. The van der Waals surface area contributed by atoms with E-state index in [0.29, 0.717) is 0 Å². The summed E-state index contributed by atoms with van der Waals surface area (Å²) < 4.78 is 5.43. The Balaban J connectivity index is 0.000000226. The van der Waals surface area contributed by atoms with Crippen LogP contribution in [0.1, 0.15) is 0 Å². The Labute approximate surface area is 91.7 Å². The van der Waals surface area contributed by atoms with E-state index >= 15 is 0 Å². The molecule has 0 unspecified atom stereocenters. The second kappa shape index (κ2) is 7.79. The van der Waals surface area contributed by atoms with E-state index in [0.717, 1.165) is 6.08 Å². The molecule has 0 atom stereocenters. The van der Waals surface area contributed by atoms with Gasteiger partial charge in [0.25, 0.3) is 0 Å². The lowest BCUT2D eigenvalue weighted by atomic mass is 10.4. The molecule has 0 radical (unpaired) electrons. The van der Waals surface area contributed by atoms with Crippen LogP contribution >= 0.6 is 22.6 Å². The van der Waals surface area contributed by atoms with Crippen molar-refractivity contribution in [1.29, 1.82) is 0 Å². The summed E-state index contributed by atoms with van der Waals surface area (Å²) in [5.41, 5.74) is 0. The molecule has 2 nitrogen and oxygen atoms in total. The van der Waals surface area contributed by atoms with E-state index in [4.69, 9.17) is 0 Å². The maximum absolute atomic E-state index is 9.84. The smallest absolute Gasteiger partial charge is 0.329 e. The number of esters is 1. The second-order valence-corrected chi connectivity index (χ2v) is 3.27. The fourth-order valence-electron chi connectivity index (χ4n) is 0.498. The summed E-state index contributed by atoms with van der Waals surface area (Å²) in [6.45, 7) is 3.16. The zero-order valence-electron chi connectivity index (χ0n) is 7.37. The first-order valence-electron chi connectivity index (χ1n) is 3.61. The Morgan fingerprint density at radius 1 is 1.46 bits per heavy atom. The molecule has 0 heterocycles. The summed E-state index contributed by atoms with van der Waals surface area (Å²) in [5.74, 6) is -0.394. The molecule has 0 aromatic heterocycles. The van der Waals surface area contributed by atoms with Gasteiger partial charge < -0.3 is 4.74 Å². The molecule has 0 bridgehead atoms. The molecule has 70 valence electrons. The van der Waals surface area contributed by atoms with Crippen molar-refractivity contribution in [3.05, 3.63) is 46.6 Å². The highest BCUT2D eigenvalue weighted by atomic mass is 127. The lowest BCUT2D eigenvalue weighted by Crippen LogP contribution is -1.91. The minimum absolute atomic E-state index is 0.394. The van der Waals surface area contributed by atoms with Gasteiger partial charge in [0.1, 0.15) is 0 Å². The van der Waals surface area contributed by atoms with E-state index in [2.05, 4.69) is 46.0 Å². The van der Waals surface area contributed by atoms with E-state index < -0.39 is 5.97 Å². The Bertz CT molecular complexity index is 257. The molecule has 3 heteroatoms. The van der Waals surface area contributed by atoms with Gasteiger partial charge in [-0.25, -0.2) is 4.79 Å². The SMILES string of the molecule is C=CC(=O)OC.Ic1ccccc1. The maximum atomic E-state index is 9.84. The topological polar surface area (TPSA) is 26.3 Å². The zero-order chi connectivity index (χ0) is 10.1. The van der Waals surface area contributed by atoms with Crippen LogP contribution in [0, 0.1) is 3.57 Å². The number of carbonyl (C=O) groups is 1. The molecule has 1 aromatic rings. The van der Waals surface area contributed by atoms with Crippen molar-refractivity contribution in [1.82, 2.24) is 0 Å². The van der Waals surface area contributed by atoms with Gasteiger partial charge in [-0.05, 0) is 34.7 Å². The quantitative estimate of drug-likeness (QED) is 0.451. The van der Waals surface area contributed by atoms with Crippen LogP contribution in [0.15, 0.2) is 43.0 Å². The van der Waals surface area contributed by atoms with Crippen molar-refractivity contribution in [2.45, 2.75) is 0 Å². The van der Waals surface area contributed by atoms with Crippen molar-refractivity contribution in [2.75, 3.05) is 7.11 Å². The van der Waals surface area contributed by atoms with Gasteiger partial charge >= 0.3 is 5.97 Å². The lowest BCUT2D eigenvalue weighted by Gasteiger charge is -1.83. The molecule has 13 heavy (non-hydrogen) atoms. The highest BCUT2D eigenvalue weighted by Crippen LogP contribution is 1.99. The van der Waals surface area contributed by atoms with E-state index in [9.17, 15) is 4.79 Å². The normalized spacial score (nSPS) is 7.85. The largest absolute Gasteiger partial charge is 0.466 e. The minimum atomic E-state index is -0.394. The molecule has 1 rings (SSSR count). The standard InChI is InChI=1S/C6H5I.C4H6O2/c7-6-4-2-1-3-5-6;1-3-4(5)6-2/h1-5H;3H,1H2,2H3. The summed E-state index contributed by atoms with van der Waals surface area (Å²) >= 11 is 2.28. The predicted molar refractivity (Wildman–Crippen MR) is 61.4 cm³/mol. The third kappa shape index (κ3) is 7.52. The number of halogens is 1. The zero-order valence-corrected chi connectivity index (χ0v) is 9.52. The number of methoxy groups -OCH3 is 1. The van der Waals surface area contributed by atoms with E-state index in [-0.39, 0.29) is 0 Å². The van der Waals surface area contributed by atoms with E-state index in [1.54, 1.807) is 0 Å². The number of carbonyl (C=O) groups excluding carboxylic acids is 1. The monoisotopic (exact) mass is 290 g/mol. The molecule has 0 aliphatic carbocycles. The Kier molecular flexibility index (Phi) is 7.29. The van der Waals surface area contributed by atoms with Gasteiger partial charge in [-0.3, -0.25) is 0 Å². The van der Waals surface area contributed by atoms with Gasteiger partial charge in [0.05, 0.1) is 7.11 Å². The molecule has 0 spiro atoms. The Morgan fingerprint density at radius 3 is 2.15 bits per heavy atom. The molecule has 0 fully saturated rings. The van der Waals surface area contributed by atoms with Crippen LogP contribution in [0.2, 0.25) is 0 Å². The minimum Gasteiger partial charge on any atom is -0.466 e. The average Bonchev–Trinajstić information content (AvgIpc) is 2.19. The molecule has 0 amide bonds. The van der Waals surface area contributed by atoms with Crippen LogP contribution in [0.3, 0.4) is 0 Å². The summed E-state index contributed by atoms with van der Waals surface area (Å²) in [6.07, 6.45) is 1.11. The van der Waals surface area contributed by atoms with Crippen LogP contribution < -0.4 is 0 Å². The van der Waals surface area contributed by atoms with E-state index in [1.807, 2.05) is 18.2 Å². The average molecular weight is 290 g/mol. The van der Waals surface area contributed by atoms with Crippen molar-refractivity contribution < 1.29 is 9.53 Å². The highest BCUT2D eigenvalue weighted by molar-refractivity contribution is 14.1. The highest BCUT2D eigenvalue weighted by Gasteiger charge is 1.81. The molecule has 0 N–H and O–H groups in total. The first-order chi connectivity index (χ1) is 6.20. The number of hydrogen-bond acceptors (Lipinski definition) is 2.